The lowest BCUT2D eigenvalue weighted by Gasteiger charge is -2.34. The largest absolute Gasteiger partial charge is 0.383 e. The molecule has 0 bridgehead atoms. The van der Waals surface area contributed by atoms with Gasteiger partial charge in [0.25, 0.3) is 10.0 Å². The third-order valence-electron chi connectivity index (χ3n) is 5.85. The van der Waals surface area contributed by atoms with Gasteiger partial charge in [0, 0.05) is 35.1 Å². The number of nitrogens with one attached hydrogen (secondary N) is 3. The molecule has 0 saturated carbocycles. The maximum absolute atomic E-state index is 14.9. The third kappa shape index (κ3) is 6.16. The number of nitrogens with zero attached hydrogens (tertiary/aromatic N) is 1. The van der Waals surface area contributed by atoms with Crippen LogP contribution in [-0.2, 0) is 10.0 Å². The molecule has 2 aromatic carbocycles. The van der Waals surface area contributed by atoms with E-state index in [2.05, 4.69) is 33.3 Å². The van der Waals surface area contributed by atoms with Gasteiger partial charge in [-0.3, -0.25) is 4.72 Å². The minimum atomic E-state index is -4.17. The molecule has 11 heteroatoms. The van der Waals surface area contributed by atoms with Crippen LogP contribution in [0.5, 0.6) is 0 Å². The van der Waals surface area contributed by atoms with Gasteiger partial charge in [0.1, 0.15) is 10.7 Å². The summed E-state index contributed by atoms with van der Waals surface area (Å²) in [6.07, 6.45) is 5.60. The number of anilines is 2. The van der Waals surface area contributed by atoms with Gasteiger partial charge in [0.15, 0.2) is 5.13 Å². The molecule has 0 saturated heterocycles. The number of hydrogen-bond donors (Lipinski definition) is 3. The number of sulfonamides is 1. The molecule has 1 aliphatic carbocycles. The highest BCUT2D eigenvalue weighted by molar-refractivity contribution is 7.93. The van der Waals surface area contributed by atoms with Crippen LogP contribution in [0.25, 0.3) is 5.57 Å². The molecule has 3 N–H and O–H groups in total. The lowest BCUT2D eigenvalue weighted by Crippen LogP contribution is -2.41. The number of rotatable bonds is 9. The molecular formula is C24H25Cl2FN4O2S2. The second kappa shape index (κ2) is 11.3. The lowest BCUT2D eigenvalue weighted by atomic mass is 9.80. The first kappa shape index (κ1) is 25.9. The van der Waals surface area contributed by atoms with Gasteiger partial charge in [-0.25, -0.2) is 17.8 Å². The number of allylic oxidation sites excluding steroid dienone is 1. The van der Waals surface area contributed by atoms with Crippen molar-refractivity contribution < 1.29 is 12.8 Å². The summed E-state index contributed by atoms with van der Waals surface area (Å²) in [5.74, 6) is -0.819. The van der Waals surface area contributed by atoms with Gasteiger partial charge in [-0.2, -0.15) is 0 Å². The Morgan fingerprint density at radius 3 is 2.66 bits per heavy atom. The Balaban J connectivity index is 1.56. The van der Waals surface area contributed by atoms with E-state index in [0.29, 0.717) is 17.3 Å². The van der Waals surface area contributed by atoms with Gasteiger partial charge in [-0.05, 0) is 54.8 Å². The average molecular weight is 556 g/mol. The SMILES string of the molecule is CCN[C@@H]1CCC=C(c2ccc(Cl)cc2)C1CNc1cc(F)c(S(=O)(=O)Nc2nccs2)cc1Cl. The van der Waals surface area contributed by atoms with E-state index in [1.807, 2.05) is 24.3 Å². The van der Waals surface area contributed by atoms with E-state index in [1.54, 1.807) is 5.38 Å². The van der Waals surface area contributed by atoms with E-state index in [-0.39, 0.29) is 22.1 Å². The smallest absolute Gasteiger partial charge is 0.266 e. The summed E-state index contributed by atoms with van der Waals surface area (Å²) in [4.78, 5) is 3.34. The van der Waals surface area contributed by atoms with Crippen LogP contribution in [0.4, 0.5) is 15.2 Å². The molecule has 0 aliphatic heterocycles. The van der Waals surface area contributed by atoms with Crippen LogP contribution in [0.3, 0.4) is 0 Å². The number of aromatic nitrogens is 1. The highest BCUT2D eigenvalue weighted by atomic mass is 35.5. The van der Waals surface area contributed by atoms with Crippen LogP contribution in [0.2, 0.25) is 10.0 Å². The molecule has 3 aromatic rings. The van der Waals surface area contributed by atoms with Crippen molar-refractivity contribution >= 4 is 61.0 Å². The Hall–Kier alpha value is -2.17. The van der Waals surface area contributed by atoms with Gasteiger partial charge < -0.3 is 10.6 Å². The summed E-state index contributed by atoms with van der Waals surface area (Å²) in [5.41, 5.74) is 2.58. The fourth-order valence-corrected chi connectivity index (χ4v) is 6.55. The third-order valence-corrected chi connectivity index (χ3v) is 8.58. The Morgan fingerprint density at radius 1 is 1.20 bits per heavy atom. The number of thiazole rings is 1. The number of hydrogen-bond acceptors (Lipinski definition) is 6. The molecule has 1 unspecified atom stereocenters. The quantitative estimate of drug-likeness (QED) is 0.290. The van der Waals surface area contributed by atoms with Gasteiger partial charge in [0.2, 0.25) is 0 Å². The Labute approximate surface area is 218 Å². The van der Waals surface area contributed by atoms with E-state index >= 15 is 0 Å². The molecule has 0 spiro atoms. The van der Waals surface area contributed by atoms with E-state index < -0.39 is 20.7 Å². The van der Waals surface area contributed by atoms with Crippen molar-refractivity contribution in [3.05, 3.63) is 75.5 Å². The molecule has 4 rings (SSSR count). The molecular weight excluding hydrogens is 530 g/mol. The molecule has 1 aliphatic rings. The fraction of sp³-hybridized carbons (Fsp3) is 0.292. The lowest BCUT2D eigenvalue weighted by molar-refractivity contribution is 0.403. The van der Waals surface area contributed by atoms with E-state index in [4.69, 9.17) is 23.2 Å². The van der Waals surface area contributed by atoms with E-state index in [9.17, 15) is 12.8 Å². The predicted molar refractivity (Wildman–Crippen MR) is 142 cm³/mol. The van der Waals surface area contributed by atoms with Gasteiger partial charge in [0.05, 0.1) is 10.7 Å². The average Bonchev–Trinajstić information content (AvgIpc) is 3.33. The summed E-state index contributed by atoms with van der Waals surface area (Å²) < 4.78 is 42.5. The molecule has 35 heavy (non-hydrogen) atoms. The first-order chi connectivity index (χ1) is 16.8. The zero-order valence-electron chi connectivity index (χ0n) is 18.9. The van der Waals surface area contributed by atoms with Crippen molar-refractivity contribution in [1.29, 1.82) is 0 Å². The summed E-state index contributed by atoms with van der Waals surface area (Å²) >= 11 is 13.6. The number of halogens is 3. The monoisotopic (exact) mass is 554 g/mol. The molecule has 186 valence electrons. The first-order valence-corrected chi connectivity index (χ1v) is 14.2. The molecule has 0 fully saturated rings. The zero-order valence-corrected chi connectivity index (χ0v) is 22.0. The zero-order chi connectivity index (χ0) is 25.0. The highest BCUT2D eigenvalue weighted by Crippen LogP contribution is 2.35. The van der Waals surface area contributed by atoms with Crippen molar-refractivity contribution in [1.82, 2.24) is 10.3 Å². The van der Waals surface area contributed by atoms with Crippen LogP contribution in [0.1, 0.15) is 25.3 Å². The van der Waals surface area contributed by atoms with Crippen molar-refractivity contribution in [2.45, 2.75) is 30.7 Å². The minimum Gasteiger partial charge on any atom is -0.383 e. The van der Waals surface area contributed by atoms with Crippen LogP contribution >= 0.6 is 34.5 Å². The van der Waals surface area contributed by atoms with Crippen molar-refractivity contribution in [3.8, 4) is 0 Å². The summed E-state index contributed by atoms with van der Waals surface area (Å²) in [5, 5.41) is 9.34. The molecule has 1 heterocycles. The second-order valence-corrected chi connectivity index (χ2v) is 11.5. The topological polar surface area (TPSA) is 83.1 Å². The predicted octanol–water partition coefficient (Wildman–Crippen LogP) is 6.27. The van der Waals surface area contributed by atoms with Gasteiger partial charge >= 0.3 is 0 Å². The summed E-state index contributed by atoms with van der Waals surface area (Å²) in [7, 11) is -4.17. The summed E-state index contributed by atoms with van der Waals surface area (Å²) in [6.45, 7) is 3.37. The fourth-order valence-electron chi connectivity index (χ4n) is 4.25. The maximum atomic E-state index is 14.9. The van der Waals surface area contributed by atoms with Crippen LogP contribution in [0, 0.1) is 11.7 Å². The Kier molecular flexibility index (Phi) is 8.34. The Bertz CT molecular complexity index is 1300. The molecule has 2 atom stereocenters. The van der Waals surface area contributed by atoms with Crippen LogP contribution in [-0.4, -0.2) is 32.5 Å². The van der Waals surface area contributed by atoms with Crippen LogP contribution < -0.4 is 15.4 Å². The molecule has 0 amide bonds. The van der Waals surface area contributed by atoms with Gasteiger partial charge in [-0.1, -0.05) is 48.3 Å². The molecule has 6 nitrogen and oxygen atoms in total. The van der Waals surface area contributed by atoms with Crippen molar-refractivity contribution in [3.63, 3.8) is 0 Å². The Morgan fingerprint density at radius 2 is 1.97 bits per heavy atom. The maximum Gasteiger partial charge on any atom is 0.266 e. The second-order valence-electron chi connectivity index (χ2n) is 8.10. The minimum absolute atomic E-state index is 0.0824. The normalized spacial score (nSPS) is 18.2. The summed E-state index contributed by atoms with van der Waals surface area (Å²) in [6, 6.07) is 10.2. The molecule has 1 aromatic heterocycles. The van der Waals surface area contributed by atoms with E-state index in [1.165, 1.54) is 11.8 Å². The van der Waals surface area contributed by atoms with Crippen LogP contribution in [0.15, 0.2) is 58.9 Å². The van der Waals surface area contributed by atoms with Gasteiger partial charge in [-0.15, -0.1) is 11.3 Å². The highest BCUT2D eigenvalue weighted by Gasteiger charge is 2.29. The standard InChI is InChI=1S/C24H25Cl2FN4O2S2/c1-2-28-21-5-3-4-17(15-6-8-16(25)9-7-15)18(21)14-30-22-13-20(27)23(12-19(22)26)35(32,33)31-24-29-10-11-34-24/h4,6-13,18,21,28,30H,2-3,5,14H2,1H3,(H,29,31)/t18?,21-/m1/s1. The number of benzene rings is 2. The van der Waals surface area contributed by atoms with Crippen molar-refractivity contribution in [2.24, 2.45) is 5.92 Å². The molecule has 0 radical (unpaired) electrons. The van der Waals surface area contributed by atoms with Crippen molar-refractivity contribution in [2.75, 3.05) is 23.1 Å². The first-order valence-electron chi connectivity index (χ1n) is 11.1. The van der Waals surface area contributed by atoms with E-state index in [0.717, 1.165) is 48.4 Å².